The van der Waals surface area contributed by atoms with Crippen LogP contribution in [0.25, 0.3) is 0 Å². The average molecular weight is 302 g/mol. The van der Waals surface area contributed by atoms with E-state index in [0.717, 1.165) is 41.3 Å². The Morgan fingerprint density at radius 2 is 2.00 bits per heavy atom. The van der Waals surface area contributed by atoms with Crippen molar-refractivity contribution in [2.45, 2.75) is 38.1 Å². The molecule has 94 valence electrons. The predicted molar refractivity (Wildman–Crippen MR) is 69.7 cm³/mol. The van der Waals surface area contributed by atoms with Gasteiger partial charge in [-0.3, -0.25) is 0 Å². The van der Waals surface area contributed by atoms with Crippen molar-refractivity contribution in [3.63, 3.8) is 0 Å². The number of ether oxygens (including phenoxy) is 1. The van der Waals surface area contributed by atoms with Crippen molar-refractivity contribution >= 4 is 15.9 Å². The van der Waals surface area contributed by atoms with Gasteiger partial charge in [-0.15, -0.1) is 0 Å². The van der Waals surface area contributed by atoms with Gasteiger partial charge in [0.1, 0.15) is 0 Å². The summed E-state index contributed by atoms with van der Waals surface area (Å²) < 4.78 is 19.9. The summed E-state index contributed by atoms with van der Waals surface area (Å²) in [5, 5.41) is 0. The topological polar surface area (TPSA) is 35.2 Å². The van der Waals surface area contributed by atoms with Crippen molar-refractivity contribution in [3.8, 4) is 5.75 Å². The molecule has 0 heterocycles. The predicted octanol–water partition coefficient (Wildman–Crippen LogP) is 3.63. The van der Waals surface area contributed by atoms with Gasteiger partial charge in [-0.05, 0) is 31.4 Å². The molecule has 0 bridgehead atoms. The molecular weight excluding hydrogens is 285 g/mol. The molecule has 2 N–H and O–H groups in total. The summed E-state index contributed by atoms with van der Waals surface area (Å²) in [6, 6.07) is 1.44. The lowest BCUT2D eigenvalue weighted by molar-refractivity contribution is 0.355. The van der Waals surface area contributed by atoms with Crippen molar-refractivity contribution in [3.05, 3.63) is 27.5 Å². The Labute approximate surface area is 109 Å². The summed E-state index contributed by atoms with van der Waals surface area (Å²) in [7, 11) is 1.49. The van der Waals surface area contributed by atoms with Crippen LogP contribution in [0.15, 0.2) is 10.5 Å². The van der Waals surface area contributed by atoms with Crippen molar-refractivity contribution in [2.24, 2.45) is 5.73 Å². The summed E-state index contributed by atoms with van der Waals surface area (Å²) in [5.41, 5.74) is 7.79. The first kappa shape index (κ1) is 12.8. The Morgan fingerprint density at radius 3 is 2.53 bits per heavy atom. The highest BCUT2D eigenvalue weighted by Gasteiger charge is 2.36. The second-order valence-electron chi connectivity index (χ2n) is 4.74. The van der Waals surface area contributed by atoms with Crippen molar-refractivity contribution in [2.75, 3.05) is 7.11 Å². The molecule has 1 aliphatic carbocycles. The van der Waals surface area contributed by atoms with Gasteiger partial charge < -0.3 is 10.5 Å². The Balaban J connectivity index is 2.65. The number of rotatable bonds is 2. The van der Waals surface area contributed by atoms with Crippen LogP contribution in [-0.4, -0.2) is 7.11 Å². The quantitative estimate of drug-likeness (QED) is 0.905. The second kappa shape index (κ2) is 4.58. The lowest BCUT2D eigenvalue weighted by Gasteiger charge is -2.29. The fourth-order valence-corrected chi connectivity index (χ4v) is 3.15. The zero-order chi connectivity index (χ0) is 12.6. The fourth-order valence-electron chi connectivity index (χ4n) is 2.75. The van der Waals surface area contributed by atoms with E-state index in [-0.39, 0.29) is 5.82 Å². The summed E-state index contributed by atoms with van der Waals surface area (Å²) in [6.45, 7) is 1.95. The molecule has 0 aliphatic heterocycles. The van der Waals surface area contributed by atoms with Crippen molar-refractivity contribution in [1.82, 2.24) is 0 Å². The van der Waals surface area contributed by atoms with Crippen LogP contribution in [0, 0.1) is 12.7 Å². The minimum atomic E-state index is -0.444. The molecule has 0 saturated heterocycles. The van der Waals surface area contributed by atoms with Gasteiger partial charge in [0.05, 0.1) is 7.11 Å². The second-order valence-corrected chi connectivity index (χ2v) is 5.59. The summed E-state index contributed by atoms with van der Waals surface area (Å²) in [6.07, 6.45) is 3.96. The molecule has 4 heteroatoms. The number of methoxy groups -OCH3 is 1. The summed E-state index contributed by atoms with van der Waals surface area (Å²) in [4.78, 5) is 0. The molecule has 0 atom stereocenters. The molecule has 1 aromatic carbocycles. The van der Waals surface area contributed by atoms with Crippen LogP contribution in [0.2, 0.25) is 0 Å². The van der Waals surface area contributed by atoms with Crippen LogP contribution in [0.1, 0.15) is 36.8 Å². The Hall–Kier alpha value is -0.610. The zero-order valence-electron chi connectivity index (χ0n) is 10.1. The Morgan fingerprint density at radius 1 is 1.41 bits per heavy atom. The minimum Gasteiger partial charge on any atom is -0.493 e. The van der Waals surface area contributed by atoms with Gasteiger partial charge >= 0.3 is 0 Å². The lowest BCUT2D eigenvalue weighted by Crippen LogP contribution is -2.34. The lowest BCUT2D eigenvalue weighted by atomic mass is 9.85. The number of nitrogens with two attached hydrogens (primary N) is 1. The third-order valence-corrected chi connectivity index (χ3v) is 4.45. The molecule has 1 aliphatic rings. The molecule has 0 amide bonds. The largest absolute Gasteiger partial charge is 0.493 e. The van der Waals surface area contributed by atoms with E-state index in [4.69, 9.17) is 10.5 Å². The van der Waals surface area contributed by atoms with Gasteiger partial charge in [-0.25, -0.2) is 4.39 Å². The molecule has 1 fully saturated rings. The van der Waals surface area contributed by atoms with Gasteiger partial charge in [0.2, 0.25) is 0 Å². The third kappa shape index (κ3) is 2.08. The zero-order valence-corrected chi connectivity index (χ0v) is 11.7. The van der Waals surface area contributed by atoms with E-state index >= 15 is 0 Å². The molecule has 17 heavy (non-hydrogen) atoms. The van der Waals surface area contributed by atoms with E-state index in [0.29, 0.717) is 5.75 Å². The van der Waals surface area contributed by atoms with E-state index in [1.807, 2.05) is 6.92 Å². The number of halogens is 2. The smallest absolute Gasteiger partial charge is 0.166 e. The number of benzene rings is 1. The third-order valence-electron chi connectivity index (χ3n) is 3.63. The van der Waals surface area contributed by atoms with Crippen LogP contribution in [0.3, 0.4) is 0 Å². The van der Waals surface area contributed by atoms with E-state index < -0.39 is 5.54 Å². The van der Waals surface area contributed by atoms with Gasteiger partial charge in [-0.2, -0.15) is 0 Å². The summed E-state index contributed by atoms with van der Waals surface area (Å²) in [5.74, 6) is -0.0493. The van der Waals surface area contributed by atoms with E-state index in [9.17, 15) is 4.39 Å². The fraction of sp³-hybridized carbons (Fsp3) is 0.538. The molecule has 0 spiro atoms. The maximum absolute atomic E-state index is 13.9. The highest BCUT2D eigenvalue weighted by molar-refractivity contribution is 9.10. The van der Waals surface area contributed by atoms with Crippen molar-refractivity contribution in [1.29, 1.82) is 0 Å². The van der Waals surface area contributed by atoms with Gasteiger partial charge in [0.25, 0.3) is 0 Å². The molecule has 0 aromatic heterocycles. The maximum atomic E-state index is 13.9. The standard InChI is InChI=1S/C13H17BrFNO/c1-8-9(14)7-10(15)12(17-2)11(8)13(16)5-3-4-6-13/h7H,3-6,16H2,1-2H3. The molecule has 1 aromatic rings. The Kier molecular flexibility index (Phi) is 3.46. The molecule has 2 rings (SSSR count). The first-order chi connectivity index (χ1) is 7.99. The highest BCUT2D eigenvalue weighted by atomic mass is 79.9. The van der Waals surface area contributed by atoms with Gasteiger partial charge in [0.15, 0.2) is 11.6 Å². The van der Waals surface area contributed by atoms with Crippen LogP contribution >= 0.6 is 15.9 Å². The highest BCUT2D eigenvalue weighted by Crippen LogP contribution is 2.45. The number of hydrogen-bond donors (Lipinski definition) is 1. The number of hydrogen-bond acceptors (Lipinski definition) is 2. The van der Waals surface area contributed by atoms with Crippen LogP contribution in [0.4, 0.5) is 4.39 Å². The maximum Gasteiger partial charge on any atom is 0.166 e. The van der Waals surface area contributed by atoms with Crippen LogP contribution in [-0.2, 0) is 5.54 Å². The molecule has 0 radical (unpaired) electrons. The summed E-state index contributed by atoms with van der Waals surface area (Å²) >= 11 is 3.38. The SMILES string of the molecule is COc1c(F)cc(Br)c(C)c1C1(N)CCCC1. The van der Waals surface area contributed by atoms with E-state index in [1.165, 1.54) is 13.2 Å². The first-order valence-corrected chi connectivity index (χ1v) is 6.61. The first-order valence-electron chi connectivity index (χ1n) is 5.81. The van der Waals surface area contributed by atoms with Gasteiger partial charge in [0, 0.05) is 15.6 Å². The Bertz CT molecular complexity index is 442. The average Bonchev–Trinajstić information content (AvgIpc) is 2.71. The van der Waals surface area contributed by atoms with Crippen LogP contribution < -0.4 is 10.5 Å². The van der Waals surface area contributed by atoms with Crippen LogP contribution in [0.5, 0.6) is 5.75 Å². The van der Waals surface area contributed by atoms with Gasteiger partial charge in [-0.1, -0.05) is 28.8 Å². The van der Waals surface area contributed by atoms with E-state index in [2.05, 4.69) is 15.9 Å². The molecule has 1 saturated carbocycles. The molecule has 2 nitrogen and oxygen atoms in total. The normalized spacial score (nSPS) is 18.4. The van der Waals surface area contributed by atoms with Crippen molar-refractivity contribution < 1.29 is 9.13 Å². The minimum absolute atomic E-state index is 0.301. The molecular formula is C13H17BrFNO. The van der Waals surface area contributed by atoms with E-state index in [1.54, 1.807) is 0 Å². The monoisotopic (exact) mass is 301 g/mol. The molecule has 0 unspecified atom stereocenters.